The molecule has 6 nitrogen and oxygen atoms in total. The van der Waals surface area contributed by atoms with Gasteiger partial charge in [0.05, 0.1) is 11.5 Å². The predicted molar refractivity (Wildman–Crippen MR) is 61.3 cm³/mol. The van der Waals surface area contributed by atoms with Crippen LogP contribution < -0.4 is 5.32 Å². The van der Waals surface area contributed by atoms with Gasteiger partial charge in [0.25, 0.3) is 5.91 Å². The minimum atomic E-state index is -2.98. The number of aromatic nitrogens is 2. The summed E-state index contributed by atoms with van der Waals surface area (Å²) in [6, 6.07) is 1.27. The van der Waals surface area contributed by atoms with Gasteiger partial charge in [0, 0.05) is 11.7 Å². The number of carbonyl (C=O) groups is 1. The average Bonchev–Trinajstić information content (AvgIpc) is 2.58. The molecule has 0 radical (unpaired) electrons. The van der Waals surface area contributed by atoms with Gasteiger partial charge in [0.2, 0.25) is 0 Å². The number of hydrogen-bond donors (Lipinski definition) is 1. The Morgan fingerprint density at radius 3 is 2.82 bits per heavy atom. The fourth-order valence-corrected chi connectivity index (χ4v) is 3.42. The highest BCUT2D eigenvalue weighted by atomic mass is 32.2. The van der Waals surface area contributed by atoms with Crippen LogP contribution in [-0.4, -0.2) is 41.8 Å². The van der Waals surface area contributed by atoms with Crippen LogP contribution >= 0.6 is 0 Å². The molecule has 1 fully saturated rings. The van der Waals surface area contributed by atoms with E-state index in [-0.39, 0.29) is 29.1 Å². The first kappa shape index (κ1) is 12.0. The van der Waals surface area contributed by atoms with E-state index >= 15 is 0 Å². The van der Waals surface area contributed by atoms with E-state index in [0.717, 1.165) is 0 Å². The highest BCUT2D eigenvalue weighted by molar-refractivity contribution is 7.91. The standard InChI is InChI=1S/C10H13N3O3S/c1-7-4-9(12-6-11-7)10(14)13-8-2-3-17(15,16)5-8/h4,6,8H,2-3,5H2,1H3,(H,13,14). The van der Waals surface area contributed by atoms with E-state index in [2.05, 4.69) is 15.3 Å². The maximum absolute atomic E-state index is 11.8. The highest BCUT2D eigenvalue weighted by Gasteiger charge is 2.29. The molecule has 2 rings (SSSR count). The zero-order valence-corrected chi connectivity index (χ0v) is 10.2. The van der Waals surface area contributed by atoms with E-state index in [4.69, 9.17) is 0 Å². The van der Waals surface area contributed by atoms with Gasteiger partial charge < -0.3 is 5.32 Å². The number of carbonyl (C=O) groups excluding carboxylic acids is 1. The Balaban J connectivity index is 2.03. The van der Waals surface area contributed by atoms with Crippen molar-refractivity contribution in [3.8, 4) is 0 Å². The molecule has 1 aliphatic rings. The van der Waals surface area contributed by atoms with Crippen molar-refractivity contribution in [2.75, 3.05) is 11.5 Å². The van der Waals surface area contributed by atoms with Gasteiger partial charge in [0.15, 0.2) is 9.84 Å². The van der Waals surface area contributed by atoms with Crippen molar-refractivity contribution in [1.29, 1.82) is 0 Å². The molecule has 1 saturated heterocycles. The molecule has 0 aliphatic carbocycles. The van der Waals surface area contributed by atoms with E-state index in [1.165, 1.54) is 6.33 Å². The Morgan fingerprint density at radius 2 is 2.24 bits per heavy atom. The molecule has 1 aromatic rings. The predicted octanol–water partition coefficient (Wildman–Crippen LogP) is -0.298. The number of rotatable bonds is 2. The minimum absolute atomic E-state index is 0.0167. The lowest BCUT2D eigenvalue weighted by molar-refractivity contribution is 0.0936. The molecule has 1 atom stereocenters. The van der Waals surface area contributed by atoms with Gasteiger partial charge >= 0.3 is 0 Å². The van der Waals surface area contributed by atoms with Gasteiger partial charge in [-0.15, -0.1) is 0 Å². The van der Waals surface area contributed by atoms with Crippen molar-refractivity contribution >= 4 is 15.7 Å². The molecular formula is C10H13N3O3S. The zero-order valence-electron chi connectivity index (χ0n) is 9.38. The Morgan fingerprint density at radius 1 is 1.47 bits per heavy atom. The maximum Gasteiger partial charge on any atom is 0.270 e. The summed E-state index contributed by atoms with van der Waals surface area (Å²) >= 11 is 0. The summed E-state index contributed by atoms with van der Waals surface area (Å²) in [5, 5.41) is 2.67. The Kier molecular flexibility index (Phi) is 3.10. The molecule has 7 heteroatoms. The molecule has 1 amide bonds. The van der Waals surface area contributed by atoms with Crippen LogP contribution in [0.4, 0.5) is 0 Å². The first-order chi connectivity index (χ1) is 7.96. The number of nitrogens with one attached hydrogen (secondary N) is 1. The highest BCUT2D eigenvalue weighted by Crippen LogP contribution is 2.11. The first-order valence-electron chi connectivity index (χ1n) is 5.26. The molecule has 1 aliphatic heterocycles. The normalized spacial score (nSPS) is 22.3. The summed E-state index contributed by atoms with van der Waals surface area (Å²) in [6.45, 7) is 1.76. The van der Waals surface area contributed by atoms with Crippen molar-refractivity contribution in [2.45, 2.75) is 19.4 Å². The first-order valence-corrected chi connectivity index (χ1v) is 7.08. The molecule has 1 N–H and O–H groups in total. The van der Waals surface area contributed by atoms with Crippen LogP contribution in [0.15, 0.2) is 12.4 Å². The smallest absolute Gasteiger partial charge is 0.270 e. The van der Waals surface area contributed by atoms with Gasteiger partial charge in [-0.3, -0.25) is 4.79 Å². The third-order valence-electron chi connectivity index (χ3n) is 2.60. The lowest BCUT2D eigenvalue weighted by Gasteiger charge is -2.10. The molecule has 0 saturated carbocycles. The van der Waals surface area contributed by atoms with E-state index < -0.39 is 9.84 Å². The van der Waals surface area contributed by atoms with Gasteiger partial charge in [-0.2, -0.15) is 0 Å². The van der Waals surface area contributed by atoms with Crippen LogP contribution in [0.2, 0.25) is 0 Å². The lowest BCUT2D eigenvalue weighted by Crippen LogP contribution is -2.36. The summed E-state index contributed by atoms with van der Waals surface area (Å²) in [5.74, 6) is -0.193. The second-order valence-corrected chi connectivity index (χ2v) is 6.35. The summed E-state index contributed by atoms with van der Waals surface area (Å²) < 4.78 is 22.5. The van der Waals surface area contributed by atoms with Crippen LogP contribution in [0, 0.1) is 6.92 Å². The number of sulfone groups is 1. The lowest BCUT2D eigenvalue weighted by atomic mass is 10.2. The minimum Gasteiger partial charge on any atom is -0.347 e. The molecule has 0 bridgehead atoms. The van der Waals surface area contributed by atoms with Crippen molar-refractivity contribution < 1.29 is 13.2 Å². The van der Waals surface area contributed by atoms with Crippen molar-refractivity contribution in [3.63, 3.8) is 0 Å². The third-order valence-corrected chi connectivity index (χ3v) is 4.37. The fourth-order valence-electron chi connectivity index (χ4n) is 1.75. The molecule has 17 heavy (non-hydrogen) atoms. The summed E-state index contributed by atoms with van der Waals surface area (Å²) in [4.78, 5) is 19.5. The van der Waals surface area contributed by atoms with E-state index in [0.29, 0.717) is 12.1 Å². The van der Waals surface area contributed by atoms with Crippen LogP contribution in [0.5, 0.6) is 0 Å². The molecule has 0 spiro atoms. The summed E-state index contributed by atoms with van der Waals surface area (Å²) in [6.07, 6.45) is 1.79. The molecule has 92 valence electrons. The van der Waals surface area contributed by atoms with Crippen LogP contribution in [0.3, 0.4) is 0 Å². The monoisotopic (exact) mass is 255 g/mol. The second kappa shape index (κ2) is 4.40. The summed E-state index contributed by atoms with van der Waals surface area (Å²) in [7, 11) is -2.98. The van der Waals surface area contributed by atoms with E-state index in [1.54, 1.807) is 13.0 Å². The van der Waals surface area contributed by atoms with Gasteiger partial charge in [0.1, 0.15) is 12.0 Å². The van der Waals surface area contributed by atoms with Gasteiger partial charge in [-0.05, 0) is 19.4 Å². The molecular weight excluding hydrogens is 242 g/mol. The van der Waals surface area contributed by atoms with Crippen LogP contribution in [0.1, 0.15) is 22.6 Å². The number of nitrogens with zero attached hydrogens (tertiary/aromatic N) is 2. The SMILES string of the molecule is Cc1cc(C(=O)NC2CCS(=O)(=O)C2)ncn1. The second-order valence-electron chi connectivity index (χ2n) is 4.12. The maximum atomic E-state index is 11.8. The topological polar surface area (TPSA) is 89.0 Å². The number of aryl methyl sites for hydroxylation is 1. The molecule has 1 unspecified atom stereocenters. The van der Waals surface area contributed by atoms with Crippen LogP contribution in [-0.2, 0) is 9.84 Å². The Hall–Kier alpha value is -1.50. The van der Waals surface area contributed by atoms with Crippen molar-refractivity contribution in [3.05, 3.63) is 23.8 Å². The largest absolute Gasteiger partial charge is 0.347 e. The third kappa shape index (κ3) is 3.00. The van der Waals surface area contributed by atoms with Gasteiger partial charge in [-0.1, -0.05) is 0 Å². The van der Waals surface area contributed by atoms with Crippen molar-refractivity contribution in [1.82, 2.24) is 15.3 Å². The van der Waals surface area contributed by atoms with Gasteiger partial charge in [-0.25, -0.2) is 18.4 Å². The Labute approximate surface area is 99.4 Å². The van der Waals surface area contributed by atoms with E-state index in [1.807, 2.05) is 0 Å². The van der Waals surface area contributed by atoms with Crippen molar-refractivity contribution in [2.24, 2.45) is 0 Å². The average molecular weight is 255 g/mol. The molecule has 0 aromatic carbocycles. The fraction of sp³-hybridized carbons (Fsp3) is 0.500. The Bertz CT molecular complexity index is 541. The summed E-state index contributed by atoms with van der Waals surface area (Å²) in [5.41, 5.74) is 0.964. The number of amides is 1. The quantitative estimate of drug-likeness (QED) is 0.784. The van der Waals surface area contributed by atoms with Crippen LogP contribution in [0.25, 0.3) is 0 Å². The molecule has 2 heterocycles. The number of hydrogen-bond acceptors (Lipinski definition) is 5. The van der Waals surface area contributed by atoms with E-state index in [9.17, 15) is 13.2 Å². The molecule has 1 aromatic heterocycles. The zero-order chi connectivity index (χ0) is 12.5.